The van der Waals surface area contributed by atoms with E-state index in [1.165, 1.54) is 0 Å². The molecule has 0 aromatic heterocycles. The fourth-order valence-corrected chi connectivity index (χ4v) is 2.14. The minimum absolute atomic E-state index is 0.0467. The number of unbranched alkanes of at least 4 members (excludes halogenated alkanes) is 3. The first-order valence-corrected chi connectivity index (χ1v) is 8.24. The normalized spacial score (nSPS) is 11.0. The smallest absolute Gasteiger partial charge is 0.332 e. The summed E-state index contributed by atoms with van der Waals surface area (Å²) in [6.07, 6.45) is 8.26. The topological polar surface area (TPSA) is 35.5 Å². The van der Waals surface area contributed by atoms with E-state index in [1.54, 1.807) is 13.0 Å². The number of carbonyl (C=O) groups is 1. The summed E-state index contributed by atoms with van der Waals surface area (Å²) in [6, 6.07) is 5.59. The lowest BCUT2D eigenvalue weighted by Crippen LogP contribution is -2.12. The lowest BCUT2D eigenvalue weighted by atomic mass is 10.1. The highest BCUT2D eigenvalue weighted by Gasteiger charge is 2.00. The number of carbonyl (C=O) groups excluding carboxylic acids is 1. The zero-order valence-corrected chi connectivity index (χ0v) is 14.3. The first kappa shape index (κ1) is 19.0. The van der Waals surface area contributed by atoms with Crippen molar-refractivity contribution in [2.75, 3.05) is 19.8 Å². The van der Waals surface area contributed by atoms with Gasteiger partial charge in [0.1, 0.15) is 6.61 Å². The van der Waals surface area contributed by atoms with E-state index < -0.39 is 0 Å². The van der Waals surface area contributed by atoms with Gasteiger partial charge in [-0.1, -0.05) is 47.8 Å². The van der Waals surface area contributed by atoms with Gasteiger partial charge in [-0.2, -0.15) is 0 Å². The van der Waals surface area contributed by atoms with Crippen molar-refractivity contribution in [2.24, 2.45) is 0 Å². The van der Waals surface area contributed by atoms with E-state index in [1.807, 2.05) is 18.2 Å². The molecule has 22 heavy (non-hydrogen) atoms. The summed E-state index contributed by atoms with van der Waals surface area (Å²) >= 11 is 11.8. The van der Waals surface area contributed by atoms with E-state index in [2.05, 4.69) is 6.08 Å². The second kappa shape index (κ2) is 11.5. The van der Waals surface area contributed by atoms with Gasteiger partial charge in [0, 0.05) is 6.61 Å². The molecule has 3 nitrogen and oxygen atoms in total. The molecule has 0 fully saturated rings. The third kappa shape index (κ3) is 8.42. The molecule has 1 rings (SSSR count). The zero-order valence-electron chi connectivity index (χ0n) is 12.8. The highest BCUT2D eigenvalue weighted by Crippen LogP contribution is 2.23. The molecule has 0 radical (unpaired) electrons. The second-order valence-corrected chi connectivity index (χ2v) is 5.60. The Bertz CT molecular complexity index is 487. The number of hydrogen-bond acceptors (Lipinski definition) is 3. The average molecular weight is 345 g/mol. The molecule has 5 heteroatoms. The molecule has 0 amide bonds. The molecule has 0 heterocycles. The van der Waals surface area contributed by atoms with Crippen LogP contribution in [-0.4, -0.2) is 25.8 Å². The van der Waals surface area contributed by atoms with Crippen molar-refractivity contribution in [3.05, 3.63) is 39.9 Å². The van der Waals surface area contributed by atoms with Crippen molar-refractivity contribution in [1.29, 1.82) is 0 Å². The number of benzene rings is 1. The van der Waals surface area contributed by atoms with Gasteiger partial charge in [-0.25, -0.2) is 4.79 Å². The van der Waals surface area contributed by atoms with Gasteiger partial charge in [0.25, 0.3) is 0 Å². The Morgan fingerprint density at radius 1 is 1.18 bits per heavy atom. The van der Waals surface area contributed by atoms with Gasteiger partial charge in [0.15, 0.2) is 0 Å². The summed E-state index contributed by atoms with van der Waals surface area (Å²) in [7, 11) is 0. The van der Waals surface area contributed by atoms with Gasteiger partial charge in [0.05, 0.1) is 16.7 Å². The van der Waals surface area contributed by atoms with E-state index in [0.717, 1.165) is 31.2 Å². The molecule has 0 bridgehead atoms. The molecule has 0 spiro atoms. The molecular weight excluding hydrogens is 323 g/mol. The van der Waals surface area contributed by atoms with Crippen LogP contribution < -0.4 is 0 Å². The van der Waals surface area contributed by atoms with Crippen LogP contribution in [0.2, 0.25) is 10.0 Å². The van der Waals surface area contributed by atoms with Gasteiger partial charge in [0.2, 0.25) is 0 Å². The number of halogens is 2. The number of esters is 1. The van der Waals surface area contributed by atoms with Gasteiger partial charge in [-0.3, -0.25) is 0 Å². The van der Waals surface area contributed by atoms with E-state index in [4.69, 9.17) is 32.7 Å². The lowest BCUT2D eigenvalue weighted by molar-refractivity contribution is -0.148. The predicted molar refractivity (Wildman–Crippen MR) is 91.4 cm³/mol. The van der Waals surface area contributed by atoms with Gasteiger partial charge in [-0.05, 0) is 43.9 Å². The Morgan fingerprint density at radius 3 is 2.73 bits per heavy atom. The van der Waals surface area contributed by atoms with Crippen molar-refractivity contribution in [2.45, 2.75) is 32.6 Å². The molecule has 0 atom stereocenters. The molecule has 0 aliphatic carbocycles. The summed E-state index contributed by atoms with van der Waals surface area (Å²) in [5.41, 5.74) is 1.05. The Balaban J connectivity index is 2.04. The molecule has 1 aromatic carbocycles. The van der Waals surface area contributed by atoms with Crippen LogP contribution in [0.1, 0.15) is 38.2 Å². The van der Waals surface area contributed by atoms with Gasteiger partial charge < -0.3 is 9.47 Å². The first-order chi connectivity index (χ1) is 10.6. The van der Waals surface area contributed by atoms with Crippen LogP contribution in [0.3, 0.4) is 0 Å². The number of hydrogen-bond donors (Lipinski definition) is 0. The SMILES string of the molecule is CCOC(=O)COCCCCCC=Cc1ccc(Cl)c(Cl)c1. The maximum absolute atomic E-state index is 11.0. The number of ether oxygens (including phenoxy) is 2. The minimum atomic E-state index is -0.299. The molecule has 0 aliphatic rings. The summed E-state index contributed by atoms with van der Waals surface area (Å²) in [6.45, 7) is 2.82. The standard InChI is InChI=1S/C17H22Cl2O3/c1-2-22-17(20)13-21-11-7-5-3-4-6-8-14-9-10-15(18)16(19)12-14/h6,8-10,12H,2-5,7,11,13H2,1H3. The van der Waals surface area contributed by atoms with E-state index >= 15 is 0 Å². The van der Waals surface area contributed by atoms with Crippen LogP contribution in [0.25, 0.3) is 6.08 Å². The molecule has 0 N–H and O–H groups in total. The van der Waals surface area contributed by atoms with Crippen LogP contribution in [0, 0.1) is 0 Å². The first-order valence-electron chi connectivity index (χ1n) is 7.48. The Kier molecular flexibility index (Phi) is 9.96. The summed E-state index contributed by atoms with van der Waals surface area (Å²) in [4.78, 5) is 11.0. The second-order valence-electron chi connectivity index (χ2n) is 4.78. The van der Waals surface area contributed by atoms with Crippen LogP contribution >= 0.6 is 23.2 Å². The van der Waals surface area contributed by atoms with E-state index in [0.29, 0.717) is 23.3 Å². The Morgan fingerprint density at radius 2 is 2.00 bits per heavy atom. The van der Waals surface area contributed by atoms with Crippen molar-refractivity contribution in [3.8, 4) is 0 Å². The number of allylic oxidation sites excluding steroid dienone is 1. The maximum Gasteiger partial charge on any atom is 0.332 e. The molecule has 0 aliphatic heterocycles. The van der Waals surface area contributed by atoms with Crippen LogP contribution in [0.15, 0.2) is 24.3 Å². The predicted octanol–water partition coefficient (Wildman–Crippen LogP) is 5.15. The maximum atomic E-state index is 11.0. The number of rotatable bonds is 10. The van der Waals surface area contributed by atoms with Crippen LogP contribution in [0.4, 0.5) is 0 Å². The lowest BCUT2D eigenvalue weighted by Gasteiger charge is -2.03. The largest absolute Gasteiger partial charge is 0.464 e. The van der Waals surface area contributed by atoms with Crippen LogP contribution in [0.5, 0.6) is 0 Å². The fraction of sp³-hybridized carbons (Fsp3) is 0.471. The molecule has 0 saturated carbocycles. The average Bonchev–Trinajstić information content (AvgIpc) is 2.49. The quantitative estimate of drug-likeness (QED) is 0.435. The summed E-state index contributed by atoms with van der Waals surface area (Å²) in [5, 5.41) is 1.14. The van der Waals surface area contributed by atoms with Crippen LogP contribution in [-0.2, 0) is 14.3 Å². The molecule has 122 valence electrons. The van der Waals surface area contributed by atoms with Gasteiger partial charge >= 0.3 is 5.97 Å². The third-order valence-electron chi connectivity index (χ3n) is 2.94. The van der Waals surface area contributed by atoms with Crippen molar-refractivity contribution in [3.63, 3.8) is 0 Å². The van der Waals surface area contributed by atoms with Crippen molar-refractivity contribution >= 4 is 35.2 Å². The summed E-state index contributed by atoms with van der Waals surface area (Å²) < 4.78 is 10.00. The highest BCUT2D eigenvalue weighted by atomic mass is 35.5. The Labute approximate surface area is 142 Å². The zero-order chi connectivity index (χ0) is 16.2. The highest BCUT2D eigenvalue weighted by molar-refractivity contribution is 6.42. The Hall–Kier alpha value is -1.03. The van der Waals surface area contributed by atoms with Gasteiger partial charge in [-0.15, -0.1) is 0 Å². The minimum Gasteiger partial charge on any atom is -0.464 e. The van der Waals surface area contributed by atoms with E-state index in [9.17, 15) is 4.79 Å². The van der Waals surface area contributed by atoms with Crippen molar-refractivity contribution in [1.82, 2.24) is 0 Å². The summed E-state index contributed by atoms with van der Waals surface area (Å²) in [5.74, 6) is -0.299. The fourth-order valence-electron chi connectivity index (χ4n) is 1.84. The molecule has 0 saturated heterocycles. The monoisotopic (exact) mass is 344 g/mol. The van der Waals surface area contributed by atoms with Crippen molar-refractivity contribution < 1.29 is 14.3 Å². The molecule has 0 unspecified atom stereocenters. The molecule has 1 aromatic rings. The van der Waals surface area contributed by atoms with E-state index in [-0.39, 0.29) is 12.6 Å². The molecular formula is C17H22Cl2O3. The third-order valence-corrected chi connectivity index (χ3v) is 3.68.